The second-order valence-electron chi connectivity index (χ2n) is 9.22. The number of fused-ring (bicyclic) bond motifs is 2. The van der Waals surface area contributed by atoms with Crippen molar-refractivity contribution in [1.82, 2.24) is 20.0 Å². The van der Waals surface area contributed by atoms with Gasteiger partial charge in [0.05, 0.1) is 17.5 Å². The van der Waals surface area contributed by atoms with Gasteiger partial charge in [0.2, 0.25) is 11.7 Å². The summed E-state index contributed by atoms with van der Waals surface area (Å²) in [5.41, 5.74) is 0.640. The first kappa shape index (κ1) is 22.6. The first-order valence-electron chi connectivity index (χ1n) is 11.1. The van der Waals surface area contributed by atoms with E-state index in [9.17, 15) is 18.0 Å². The molecule has 0 radical (unpaired) electrons. The number of benzene rings is 1. The minimum atomic E-state index is -4.70. The second kappa shape index (κ2) is 7.83. The molecular formula is C23H18Cl2F3N5O2. The standard InChI is InChI=1S/C23H18Cl2F3N5O2/c24-14-5-13(6-15(25)7-14)22(3-4-22)21(34)33-11-16-8-17(33)10-32(16)18-2-1-12(9-29-18)19-30-20(35-31-19)23(26,27)28/h1-2,5-7,9,16-17H,3-4,8,10-11H2. The molecule has 3 aromatic rings. The van der Waals surface area contributed by atoms with Crippen LogP contribution in [0.3, 0.4) is 0 Å². The van der Waals surface area contributed by atoms with Gasteiger partial charge < -0.3 is 14.3 Å². The highest BCUT2D eigenvalue weighted by Gasteiger charge is 2.57. The van der Waals surface area contributed by atoms with Gasteiger partial charge in [0, 0.05) is 34.9 Å². The van der Waals surface area contributed by atoms with Crippen LogP contribution in [-0.4, -0.2) is 51.1 Å². The lowest BCUT2D eigenvalue weighted by atomic mass is 9.94. The van der Waals surface area contributed by atoms with Crippen molar-refractivity contribution in [1.29, 1.82) is 0 Å². The number of nitrogens with zero attached hydrogens (tertiary/aromatic N) is 5. The molecule has 12 heteroatoms. The highest BCUT2D eigenvalue weighted by molar-refractivity contribution is 6.34. The van der Waals surface area contributed by atoms with Gasteiger partial charge in [-0.2, -0.15) is 18.2 Å². The summed E-state index contributed by atoms with van der Waals surface area (Å²) in [5.74, 6) is -0.766. The third-order valence-corrected chi connectivity index (χ3v) is 7.48. The molecule has 1 amide bonds. The summed E-state index contributed by atoms with van der Waals surface area (Å²) in [6.45, 7) is 1.22. The van der Waals surface area contributed by atoms with E-state index in [1.54, 1.807) is 18.2 Å². The Morgan fingerprint density at radius 1 is 1.09 bits per heavy atom. The van der Waals surface area contributed by atoms with Gasteiger partial charge in [-0.25, -0.2) is 4.98 Å². The van der Waals surface area contributed by atoms with Gasteiger partial charge in [0.15, 0.2) is 0 Å². The first-order chi connectivity index (χ1) is 16.6. The minimum absolute atomic E-state index is 0.0626. The van der Waals surface area contributed by atoms with Gasteiger partial charge in [-0.05, 0) is 55.2 Å². The lowest BCUT2D eigenvalue weighted by molar-refractivity contribution is -0.159. The predicted octanol–water partition coefficient (Wildman–Crippen LogP) is 4.98. The van der Waals surface area contributed by atoms with Crippen molar-refractivity contribution in [3.05, 3.63) is 58.0 Å². The number of amides is 1. The summed E-state index contributed by atoms with van der Waals surface area (Å²) < 4.78 is 42.4. The number of hydrogen-bond acceptors (Lipinski definition) is 6. The molecule has 1 aromatic carbocycles. The van der Waals surface area contributed by atoms with Crippen LogP contribution in [0.25, 0.3) is 11.4 Å². The molecule has 0 N–H and O–H groups in total. The van der Waals surface area contributed by atoms with Gasteiger partial charge >= 0.3 is 12.1 Å². The highest BCUT2D eigenvalue weighted by atomic mass is 35.5. The van der Waals surface area contributed by atoms with Crippen molar-refractivity contribution in [3.8, 4) is 11.4 Å². The Morgan fingerprint density at radius 2 is 1.83 bits per heavy atom. The van der Waals surface area contributed by atoms with Crippen LogP contribution >= 0.6 is 23.2 Å². The fourth-order valence-corrected chi connectivity index (χ4v) is 5.72. The molecule has 2 bridgehead atoms. The minimum Gasteiger partial charge on any atom is -0.350 e. The third kappa shape index (κ3) is 3.83. The molecule has 1 saturated carbocycles. The fraction of sp³-hybridized carbons (Fsp3) is 0.391. The molecule has 2 atom stereocenters. The molecule has 35 heavy (non-hydrogen) atoms. The molecule has 3 fully saturated rings. The third-order valence-electron chi connectivity index (χ3n) is 7.04. The summed E-state index contributed by atoms with van der Waals surface area (Å²) in [6.07, 6.45) is -0.891. The van der Waals surface area contributed by atoms with Crippen molar-refractivity contribution < 1.29 is 22.5 Å². The van der Waals surface area contributed by atoms with Gasteiger partial charge in [-0.1, -0.05) is 28.4 Å². The molecule has 2 unspecified atom stereocenters. The highest BCUT2D eigenvalue weighted by Crippen LogP contribution is 2.52. The van der Waals surface area contributed by atoms with E-state index in [-0.39, 0.29) is 23.8 Å². The number of carbonyl (C=O) groups excluding carboxylic acids is 1. The van der Waals surface area contributed by atoms with E-state index in [4.69, 9.17) is 23.2 Å². The zero-order chi connectivity index (χ0) is 24.5. The SMILES string of the molecule is O=C(N1CC2CC1CN2c1ccc(-c2noc(C(F)(F)F)n2)cn1)C1(c2cc(Cl)cc(Cl)c2)CC1. The molecular weight excluding hydrogens is 506 g/mol. The molecule has 4 heterocycles. The van der Waals surface area contributed by atoms with E-state index < -0.39 is 17.5 Å². The van der Waals surface area contributed by atoms with Crippen LogP contribution in [0.1, 0.15) is 30.7 Å². The lowest BCUT2D eigenvalue weighted by Gasteiger charge is -2.37. The number of pyridine rings is 1. The van der Waals surface area contributed by atoms with E-state index in [1.807, 2.05) is 17.0 Å². The number of anilines is 1. The average molecular weight is 524 g/mol. The molecule has 2 aliphatic heterocycles. The van der Waals surface area contributed by atoms with Crippen LogP contribution < -0.4 is 4.90 Å². The van der Waals surface area contributed by atoms with E-state index in [0.717, 1.165) is 24.8 Å². The van der Waals surface area contributed by atoms with Crippen molar-refractivity contribution in [2.75, 3.05) is 18.0 Å². The van der Waals surface area contributed by atoms with E-state index in [2.05, 4.69) is 24.5 Å². The monoisotopic (exact) mass is 523 g/mol. The number of carbonyl (C=O) groups is 1. The molecule has 2 saturated heterocycles. The predicted molar refractivity (Wildman–Crippen MR) is 121 cm³/mol. The zero-order valence-corrected chi connectivity index (χ0v) is 19.6. The van der Waals surface area contributed by atoms with Crippen molar-refractivity contribution in [2.45, 2.75) is 42.9 Å². The number of hydrogen-bond donors (Lipinski definition) is 0. The Morgan fingerprint density at radius 3 is 2.37 bits per heavy atom. The Balaban J connectivity index is 1.15. The topological polar surface area (TPSA) is 75.4 Å². The maximum absolute atomic E-state index is 13.6. The zero-order valence-electron chi connectivity index (χ0n) is 18.1. The summed E-state index contributed by atoms with van der Waals surface area (Å²) in [4.78, 5) is 25.5. The van der Waals surface area contributed by atoms with Gasteiger partial charge in [0.25, 0.3) is 0 Å². The van der Waals surface area contributed by atoms with E-state index in [1.165, 1.54) is 6.20 Å². The smallest absolute Gasteiger partial charge is 0.350 e. The fourth-order valence-electron chi connectivity index (χ4n) is 5.20. The van der Waals surface area contributed by atoms with Crippen LogP contribution in [0.15, 0.2) is 41.1 Å². The largest absolute Gasteiger partial charge is 0.471 e. The number of likely N-dealkylation sites (tertiary alicyclic amines) is 1. The van der Waals surface area contributed by atoms with Gasteiger partial charge in [-0.15, -0.1) is 0 Å². The quantitative estimate of drug-likeness (QED) is 0.480. The second-order valence-corrected chi connectivity index (χ2v) is 10.1. The Kier molecular flexibility index (Phi) is 5.05. The van der Waals surface area contributed by atoms with E-state index >= 15 is 0 Å². The molecule has 2 aromatic heterocycles. The molecule has 182 valence electrons. The van der Waals surface area contributed by atoms with E-state index in [0.29, 0.717) is 34.5 Å². The number of alkyl halides is 3. The number of aromatic nitrogens is 3. The van der Waals surface area contributed by atoms with Crippen LogP contribution in [0, 0.1) is 0 Å². The Labute approximate surface area is 207 Å². The summed E-state index contributed by atoms with van der Waals surface area (Å²) >= 11 is 12.4. The Bertz CT molecular complexity index is 1290. The van der Waals surface area contributed by atoms with Crippen LogP contribution in [0.4, 0.5) is 19.0 Å². The maximum Gasteiger partial charge on any atom is 0.471 e. The van der Waals surface area contributed by atoms with Crippen LogP contribution in [-0.2, 0) is 16.4 Å². The normalized spacial score (nSPS) is 22.7. The lowest BCUT2D eigenvalue weighted by Crippen LogP contribution is -2.51. The van der Waals surface area contributed by atoms with Crippen LogP contribution in [0.5, 0.6) is 0 Å². The summed E-state index contributed by atoms with van der Waals surface area (Å²) in [5, 5.41) is 4.43. The van der Waals surface area contributed by atoms with Gasteiger partial charge in [-0.3, -0.25) is 4.79 Å². The van der Waals surface area contributed by atoms with Crippen LogP contribution in [0.2, 0.25) is 10.0 Å². The van der Waals surface area contributed by atoms with Crippen molar-refractivity contribution >= 4 is 34.9 Å². The molecule has 0 spiro atoms. The molecule has 6 rings (SSSR count). The summed E-state index contributed by atoms with van der Waals surface area (Å²) in [6, 6.07) is 8.83. The average Bonchev–Trinajstić information content (AvgIpc) is 3.14. The van der Waals surface area contributed by atoms with Crippen molar-refractivity contribution in [3.63, 3.8) is 0 Å². The van der Waals surface area contributed by atoms with Gasteiger partial charge in [0.1, 0.15) is 5.82 Å². The number of rotatable bonds is 4. The maximum atomic E-state index is 13.6. The Hall–Kier alpha value is -2.85. The molecule has 3 aliphatic rings. The van der Waals surface area contributed by atoms with Crippen molar-refractivity contribution in [2.24, 2.45) is 0 Å². The molecule has 1 aliphatic carbocycles. The number of piperazine rings is 1. The number of halogens is 5. The first-order valence-corrected chi connectivity index (χ1v) is 11.8. The molecule has 7 nitrogen and oxygen atoms in total. The summed E-state index contributed by atoms with van der Waals surface area (Å²) in [7, 11) is 0.